The first-order chi connectivity index (χ1) is 21.5. The Kier molecular flexibility index (Phi) is 11.5. The van der Waals surface area contributed by atoms with Gasteiger partial charge in [0, 0.05) is 34.5 Å². The van der Waals surface area contributed by atoms with Crippen LogP contribution in [0.5, 0.6) is 0 Å². The number of amides is 1. The monoisotopic (exact) mass is 670 g/mol. The van der Waals surface area contributed by atoms with E-state index in [0.29, 0.717) is 29.1 Å². The number of carbonyl (C=O) groups is 1. The number of likely N-dealkylation sites (tertiary alicyclic amines) is 1. The Balaban J connectivity index is 1.50. The number of carbonyl (C=O) groups excluding carboxylic acids is 1. The minimum atomic E-state index is -2.06. The molecule has 3 fully saturated rings. The molecule has 4 atom stereocenters. The molecule has 2 saturated heterocycles. The molecule has 2 aromatic carbocycles. The second kappa shape index (κ2) is 14.8. The van der Waals surface area contributed by atoms with E-state index in [9.17, 15) is 4.79 Å². The van der Waals surface area contributed by atoms with E-state index < -0.39 is 13.7 Å². The van der Waals surface area contributed by atoms with Gasteiger partial charge < -0.3 is 14.6 Å². The molecule has 7 heteroatoms. The lowest BCUT2D eigenvalue weighted by molar-refractivity contribution is -0.138. The molecule has 3 aliphatic rings. The molecule has 4 nitrogen and oxygen atoms in total. The molecular formula is C38H56Cl2N2O2Si. The summed E-state index contributed by atoms with van der Waals surface area (Å²) in [7, 11) is -2.06. The van der Waals surface area contributed by atoms with Crippen LogP contribution in [0.2, 0.25) is 26.7 Å². The number of piperidine rings is 1. The fourth-order valence-electron chi connectivity index (χ4n) is 9.22. The van der Waals surface area contributed by atoms with E-state index in [1.807, 2.05) is 18.2 Å². The van der Waals surface area contributed by atoms with Gasteiger partial charge in [-0.05, 0) is 123 Å². The van der Waals surface area contributed by atoms with E-state index in [4.69, 9.17) is 27.6 Å². The predicted octanol–water partition coefficient (Wildman–Crippen LogP) is 10.2. The summed E-state index contributed by atoms with van der Waals surface area (Å²) < 4.78 is 7.14. The summed E-state index contributed by atoms with van der Waals surface area (Å²) >= 11 is 13.0. The van der Waals surface area contributed by atoms with Crippen LogP contribution in [-0.4, -0.2) is 51.4 Å². The van der Waals surface area contributed by atoms with Crippen molar-refractivity contribution in [2.45, 2.75) is 121 Å². The van der Waals surface area contributed by atoms with Crippen LogP contribution in [-0.2, 0) is 9.22 Å². The number of hydrogen-bond acceptors (Lipinski definition) is 3. The number of hydrogen-bond donors (Lipinski definition) is 1. The molecule has 0 aromatic heterocycles. The Bertz CT molecular complexity index is 1250. The Hall–Kier alpha value is -1.37. The minimum absolute atomic E-state index is 0.000861. The van der Waals surface area contributed by atoms with Crippen LogP contribution in [0, 0.1) is 11.3 Å². The number of nitrogens with one attached hydrogen (secondary N) is 1. The van der Waals surface area contributed by atoms with Crippen molar-refractivity contribution in [2.24, 2.45) is 11.3 Å². The zero-order chi connectivity index (χ0) is 32.4. The average molecular weight is 672 g/mol. The highest BCUT2D eigenvalue weighted by Crippen LogP contribution is 2.53. The third-order valence-electron chi connectivity index (χ3n) is 11.6. The van der Waals surface area contributed by atoms with Gasteiger partial charge in [-0.25, -0.2) is 0 Å². The van der Waals surface area contributed by atoms with Gasteiger partial charge in [0.2, 0.25) is 5.91 Å². The molecular weight excluding hydrogens is 615 g/mol. The summed E-state index contributed by atoms with van der Waals surface area (Å²) in [5, 5.41) is 5.23. The van der Waals surface area contributed by atoms with Crippen molar-refractivity contribution in [3.63, 3.8) is 0 Å². The minimum Gasteiger partial charge on any atom is -0.416 e. The Morgan fingerprint density at radius 3 is 2.13 bits per heavy atom. The Morgan fingerprint density at radius 2 is 1.56 bits per heavy atom. The maximum atomic E-state index is 14.7. The van der Waals surface area contributed by atoms with Crippen LogP contribution in [0.4, 0.5) is 0 Å². The smallest absolute Gasteiger partial charge is 0.226 e. The van der Waals surface area contributed by atoms with Gasteiger partial charge in [0.15, 0.2) is 8.32 Å². The summed E-state index contributed by atoms with van der Waals surface area (Å²) in [5.41, 5.74) is 3.55. The molecule has 1 amide bonds. The summed E-state index contributed by atoms with van der Waals surface area (Å²) in [6.45, 7) is 17.9. The normalized spacial score (nSPS) is 25.4. The molecule has 2 heterocycles. The average Bonchev–Trinajstić information content (AvgIpc) is 3.68. The SMILES string of the molecule is CC(C)[Si](OCCC1(CCN2CCCC2)C[C@H](c2cccc(Cl)c2)[C@@H](C(c2ccc(Cl)cc2)C2CC2)NC1=O)(C(C)C)C(C)C. The van der Waals surface area contributed by atoms with Crippen LogP contribution in [0.3, 0.4) is 0 Å². The first kappa shape index (κ1) is 34.9. The van der Waals surface area contributed by atoms with Crippen LogP contribution in [0.15, 0.2) is 48.5 Å². The van der Waals surface area contributed by atoms with Gasteiger partial charge in [-0.2, -0.15) is 0 Å². The zero-order valence-corrected chi connectivity index (χ0v) is 31.0. The number of benzene rings is 2. The van der Waals surface area contributed by atoms with Gasteiger partial charge in [-0.3, -0.25) is 4.79 Å². The van der Waals surface area contributed by atoms with Crippen molar-refractivity contribution >= 4 is 37.4 Å². The maximum absolute atomic E-state index is 14.7. The predicted molar refractivity (Wildman–Crippen MR) is 192 cm³/mol. The molecule has 0 bridgehead atoms. The van der Waals surface area contributed by atoms with E-state index >= 15 is 0 Å². The van der Waals surface area contributed by atoms with E-state index in [2.05, 4.69) is 82.1 Å². The van der Waals surface area contributed by atoms with E-state index in [1.54, 1.807) is 0 Å². The first-order valence-corrected chi connectivity index (χ1v) is 20.5. The summed E-state index contributed by atoms with van der Waals surface area (Å²) in [5.74, 6) is 1.18. The van der Waals surface area contributed by atoms with Crippen molar-refractivity contribution in [1.29, 1.82) is 0 Å². The third kappa shape index (κ3) is 7.69. The molecule has 1 aliphatic carbocycles. The molecule has 1 N–H and O–H groups in total. The molecule has 2 unspecified atom stereocenters. The molecule has 1 saturated carbocycles. The molecule has 0 radical (unpaired) electrons. The fraction of sp³-hybridized carbons (Fsp3) is 0.658. The second-order valence-electron chi connectivity index (χ2n) is 15.3. The van der Waals surface area contributed by atoms with E-state index in [-0.39, 0.29) is 23.8 Å². The van der Waals surface area contributed by atoms with Gasteiger partial charge in [0.05, 0.1) is 5.41 Å². The quantitative estimate of drug-likeness (QED) is 0.203. The first-order valence-electron chi connectivity index (χ1n) is 17.6. The van der Waals surface area contributed by atoms with Gasteiger partial charge in [-0.1, -0.05) is 89.0 Å². The van der Waals surface area contributed by atoms with Gasteiger partial charge in [0.1, 0.15) is 0 Å². The largest absolute Gasteiger partial charge is 0.416 e. The standard InChI is InChI=1S/C38H56Cl2N2O2Si/c1-26(2)45(27(3)4,28(5)6)44-23-19-38(18-22-42-20-7-8-21-42)25-34(31-10-9-11-33(40)24-31)36(41-37(38)43)35(29-12-13-29)30-14-16-32(39)17-15-30/h9-11,14-17,24,26-29,34-36H,7-8,12-13,18-23,25H2,1-6H3,(H,41,43)/t34-,35?,36+,38?/m1/s1. The Morgan fingerprint density at radius 1 is 0.911 bits per heavy atom. The summed E-state index contributed by atoms with van der Waals surface area (Å²) in [6.07, 6.45) is 7.34. The Labute approximate surface area is 284 Å². The fourth-order valence-corrected chi connectivity index (χ4v) is 15.0. The highest BCUT2D eigenvalue weighted by molar-refractivity contribution is 6.77. The summed E-state index contributed by atoms with van der Waals surface area (Å²) in [4.78, 5) is 17.3. The lowest BCUT2D eigenvalue weighted by Gasteiger charge is -2.48. The van der Waals surface area contributed by atoms with Crippen LogP contribution in [0.1, 0.15) is 109 Å². The molecule has 45 heavy (non-hydrogen) atoms. The second-order valence-corrected chi connectivity index (χ2v) is 21.6. The highest BCUT2D eigenvalue weighted by Gasteiger charge is 2.52. The van der Waals surface area contributed by atoms with Gasteiger partial charge in [-0.15, -0.1) is 0 Å². The van der Waals surface area contributed by atoms with Crippen LogP contribution >= 0.6 is 23.2 Å². The van der Waals surface area contributed by atoms with Crippen molar-refractivity contribution in [3.05, 3.63) is 69.7 Å². The number of nitrogens with zero attached hydrogens (tertiary/aromatic N) is 1. The van der Waals surface area contributed by atoms with Crippen molar-refractivity contribution < 1.29 is 9.22 Å². The third-order valence-corrected chi connectivity index (χ3v) is 18.2. The van der Waals surface area contributed by atoms with Gasteiger partial charge in [0.25, 0.3) is 0 Å². The molecule has 0 spiro atoms. The van der Waals surface area contributed by atoms with Crippen molar-refractivity contribution in [1.82, 2.24) is 10.2 Å². The van der Waals surface area contributed by atoms with E-state index in [0.717, 1.165) is 48.9 Å². The summed E-state index contributed by atoms with van der Waals surface area (Å²) in [6, 6.07) is 16.7. The molecule has 2 aromatic rings. The zero-order valence-electron chi connectivity index (χ0n) is 28.5. The molecule has 248 valence electrons. The number of halogens is 2. The number of rotatable bonds is 14. The molecule has 5 rings (SSSR count). The van der Waals surface area contributed by atoms with Crippen LogP contribution < -0.4 is 5.32 Å². The highest BCUT2D eigenvalue weighted by atomic mass is 35.5. The maximum Gasteiger partial charge on any atom is 0.226 e. The lowest BCUT2D eigenvalue weighted by Crippen LogP contribution is -2.58. The topological polar surface area (TPSA) is 41.6 Å². The molecule has 2 aliphatic heterocycles. The van der Waals surface area contributed by atoms with Crippen molar-refractivity contribution in [3.8, 4) is 0 Å². The van der Waals surface area contributed by atoms with Crippen molar-refractivity contribution in [2.75, 3.05) is 26.2 Å². The van der Waals surface area contributed by atoms with Gasteiger partial charge >= 0.3 is 0 Å². The van der Waals surface area contributed by atoms with Crippen LogP contribution in [0.25, 0.3) is 0 Å². The lowest BCUT2D eigenvalue weighted by atomic mass is 9.64. The van der Waals surface area contributed by atoms with E-state index in [1.165, 1.54) is 36.8 Å².